The summed E-state index contributed by atoms with van der Waals surface area (Å²) in [4.78, 5) is 29.6. The first-order valence-corrected chi connectivity index (χ1v) is 11.9. The Labute approximate surface area is 195 Å². The van der Waals surface area contributed by atoms with Gasteiger partial charge in [-0.05, 0) is 31.7 Å². The third kappa shape index (κ3) is 2.99. The second-order valence-electron chi connectivity index (χ2n) is 9.31. The molecule has 11 heteroatoms. The molecule has 3 aromatic heterocycles. The molecule has 4 aliphatic rings. The van der Waals surface area contributed by atoms with Crippen LogP contribution in [0.25, 0.3) is 11.2 Å². The zero-order valence-electron chi connectivity index (χ0n) is 18.9. The minimum absolute atomic E-state index is 0.0527. The van der Waals surface area contributed by atoms with Crippen LogP contribution in [0.2, 0.25) is 0 Å². The quantitative estimate of drug-likeness (QED) is 0.501. The van der Waals surface area contributed by atoms with Crippen molar-refractivity contribution in [2.24, 2.45) is 0 Å². The Morgan fingerprint density at radius 3 is 3.00 bits per heavy atom. The summed E-state index contributed by atoms with van der Waals surface area (Å²) in [7, 11) is 1.83. The van der Waals surface area contributed by atoms with Crippen molar-refractivity contribution < 1.29 is 14.3 Å². The van der Waals surface area contributed by atoms with Gasteiger partial charge in [-0.25, -0.2) is 24.3 Å². The van der Waals surface area contributed by atoms with E-state index in [9.17, 15) is 4.79 Å². The number of pyridine rings is 2. The Hall–Kier alpha value is -3.60. The number of imidazole rings is 1. The van der Waals surface area contributed by atoms with Crippen molar-refractivity contribution in [1.29, 1.82) is 0 Å². The van der Waals surface area contributed by atoms with E-state index in [4.69, 9.17) is 19.4 Å². The number of aromatic nitrogens is 4. The molecular weight excluding hydrogens is 436 g/mol. The van der Waals surface area contributed by atoms with Crippen LogP contribution < -0.4 is 25.6 Å². The lowest BCUT2D eigenvalue weighted by Gasteiger charge is -2.37. The van der Waals surface area contributed by atoms with Crippen LogP contribution in [0.4, 0.5) is 27.8 Å². The van der Waals surface area contributed by atoms with E-state index in [1.165, 1.54) is 10.9 Å². The van der Waals surface area contributed by atoms with Gasteiger partial charge in [-0.1, -0.05) is 0 Å². The fourth-order valence-corrected chi connectivity index (χ4v) is 5.33. The average Bonchev–Trinajstić information content (AvgIpc) is 3.48. The first kappa shape index (κ1) is 19.8. The highest BCUT2D eigenvalue weighted by Crippen LogP contribution is 2.43. The van der Waals surface area contributed by atoms with Gasteiger partial charge in [-0.2, -0.15) is 0 Å². The van der Waals surface area contributed by atoms with Crippen LogP contribution in [-0.2, 0) is 11.3 Å². The minimum Gasteiger partial charge on any atom is -0.485 e. The van der Waals surface area contributed by atoms with E-state index in [1.807, 2.05) is 19.2 Å². The van der Waals surface area contributed by atoms with Gasteiger partial charge in [0, 0.05) is 19.7 Å². The molecule has 1 saturated carbocycles. The van der Waals surface area contributed by atoms with Crippen molar-refractivity contribution in [1.82, 2.24) is 24.8 Å². The van der Waals surface area contributed by atoms with Crippen LogP contribution in [0.5, 0.6) is 5.75 Å². The van der Waals surface area contributed by atoms with Crippen LogP contribution in [-0.4, -0.2) is 63.9 Å². The van der Waals surface area contributed by atoms with E-state index in [0.29, 0.717) is 36.2 Å². The molecule has 34 heavy (non-hydrogen) atoms. The Balaban J connectivity index is 1.39. The molecule has 0 radical (unpaired) electrons. The normalized spacial score (nSPS) is 25.3. The van der Waals surface area contributed by atoms with E-state index in [-0.39, 0.29) is 18.2 Å². The number of carbonyl (C=O) groups excluding carboxylic acids is 1. The van der Waals surface area contributed by atoms with E-state index in [2.05, 4.69) is 25.8 Å². The van der Waals surface area contributed by atoms with Gasteiger partial charge in [0.2, 0.25) is 0 Å². The molecule has 4 bridgehead atoms. The highest BCUT2D eigenvalue weighted by atomic mass is 16.5. The second kappa shape index (κ2) is 7.45. The zero-order chi connectivity index (χ0) is 22.8. The summed E-state index contributed by atoms with van der Waals surface area (Å²) in [5, 5.41) is 9.69. The van der Waals surface area contributed by atoms with E-state index in [1.54, 1.807) is 0 Å². The summed E-state index contributed by atoms with van der Waals surface area (Å²) >= 11 is 0. The summed E-state index contributed by atoms with van der Waals surface area (Å²) < 4.78 is 13.9. The predicted molar refractivity (Wildman–Crippen MR) is 126 cm³/mol. The number of rotatable bonds is 1. The molecule has 7 rings (SSSR count). The highest BCUT2D eigenvalue weighted by Gasteiger charge is 2.36. The van der Waals surface area contributed by atoms with Gasteiger partial charge < -0.3 is 30.3 Å². The maximum absolute atomic E-state index is 13.1. The summed E-state index contributed by atoms with van der Waals surface area (Å²) in [5.74, 6) is 2.18. The molecule has 176 valence electrons. The van der Waals surface area contributed by atoms with Crippen molar-refractivity contribution in [2.75, 3.05) is 35.7 Å². The Kier molecular flexibility index (Phi) is 4.35. The lowest BCUT2D eigenvalue weighted by molar-refractivity contribution is -0.0335. The van der Waals surface area contributed by atoms with E-state index < -0.39 is 0 Å². The molecule has 3 atom stereocenters. The fraction of sp³-hybridized carbons (Fsp3) is 0.478. The average molecular weight is 463 g/mol. The van der Waals surface area contributed by atoms with Gasteiger partial charge in [-0.15, -0.1) is 0 Å². The molecular formula is C23H26N8O3. The van der Waals surface area contributed by atoms with Crippen molar-refractivity contribution in [3.8, 4) is 5.75 Å². The maximum atomic E-state index is 13.1. The van der Waals surface area contributed by atoms with Gasteiger partial charge in [-0.3, -0.25) is 0 Å². The number of hydrogen-bond donors (Lipinski definition) is 3. The molecule has 0 unspecified atom stereocenters. The topological polar surface area (TPSA) is 118 Å². The van der Waals surface area contributed by atoms with E-state index >= 15 is 0 Å². The third-order valence-corrected chi connectivity index (χ3v) is 7.30. The molecule has 1 amide bonds. The monoisotopic (exact) mass is 462 g/mol. The van der Waals surface area contributed by atoms with Crippen molar-refractivity contribution >= 4 is 40.2 Å². The number of nitrogens with zero attached hydrogens (tertiary/aromatic N) is 5. The van der Waals surface area contributed by atoms with Crippen molar-refractivity contribution in [2.45, 2.75) is 50.5 Å². The summed E-state index contributed by atoms with van der Waals surface area (Å²) in [5.41, 5.74) is 3.50. The van der Waals surface area contributed by atoms with Gasteiger partial charge in [0.1, 0.15) is 24.3 Å². The highest BCUT2D eigenvalue weighted by molar-refractivity contribution is 5.94. The number of amides is 1. The number of carbonyl (C=O) groups is 1. The molecule has 6 heterocycles. The number of hydrogen-bond acceptors (Lipinski definition) is 9. The first-order chi connectivity index (χ1) is 16.7. The summed E-state index contributed by atoms with van der Waals surface area (Å²) in [6.07, 6.45) is 5.48. The Bertz CT molecular complexity index is 1310. The molecule has 11 nitrogen and oxygen atoms in total. The lowest BCUT2D eigenvalue weighted by Crippen LogP contribution is -2.52. The van der Waals surface area contributed by atoms with Crippen LogP contribution in [0.1, 0.15) is 31.4 Å². The molecule has 2 fully saturated rings. The number of nitrogens with one attached hydrogen (secondary N) is 3. The van der Waals surface area contributed by atoms with Gasteiger partial charge >= 0.3 is 6.03 Å². The minimum atomic E-state index is -0.262. The fourth-order valence-electron chi connectivity index (χ4n) is 5.33. The Morgan fingerprint density at radius 1 is 1.21 bits per heavy atom. The molecule has 3 aromatic rings. The Morgan fingerprint density at radius 2 is 2.15 bits per heavy atom. The smallest absolute Gasteiger partial charge is 0.328 e. The molecule has 0 aromatic carbocycles. The molecule has 3 aliphatic heterocycles. The lowest BCUT2D eigenvalue weighted by atomic mass is 9.89. The summed E-state index contributed by atoms with van der Waals surface area (Å²) in [6, 6.07) is 3.91. The van der Waals surface area contributed by atoms with Crippen LogP contribution in [0, 0.1) is 0 Å². The van der Waals surface area contributed by atoms with Gasteiger partial charge in [0.05, 0.1) is 41.9 Å². The SMILES string of the molecule is CNc1cc2nc3c1ncn3C(=O)N[C@@H]1CC[C@H]1OCc1cc(c3c(n1)N1CCC[C@H]1CO3)N2. The standard InChI is InChI=1S/C23H26N8O3/c1-24-15-8-18-27-16-7-12(26-22-20(16)34-10-13-3-2-6-30(13)22)9-33-17-5-4-14(17)28-23(32)31-11-25-19(15)21(31)29-18/h7-8,11,13-14,17H,2-6,9-10H2,1H3,(H,28,32)(H2,24,27,29)/t13-,14+,17+/m0/s1. The van der Waals surface area contributed by atoms with Crippen LogP contribution in [0.15, 0.2) is 18.5 Å². The predicted octanol–water partition coefficient (Wildman–Crippen LogP) is 2.59. The van der Waals surface area contributed by atoms with Crippen molar-refractivity contribution in [3.05, 3.63) is 24.2 Å². The molecule has 1 aliphatic carbocycles. The van der Waals surface area contributed by atoms with Gasteiger partial charge in [0.15, 0.2) is 17.2 Å². The molecule has 1 saturated heterocycles. The zero-order valence-corrected chi connectivity index (χ0v) is 18.9. The van der Waals surface area contributed by atoms with Crippen molar-refractivity contribution in [3.63, 3.8) is 0 Å². The van der Waals surface area contributed by atoms with E-state index in [0.717, 1.165) is 60.9 Å². The number of fused-ring (bicyclic) bond motifs is 8. The van der Waals surface area contributed by atoms with Gasteiger partial charge in [0.25, 0.3) is 0 Å². The number of ether oxygens (including phenoxy) is 2. The third-order valence-electron chi connectivity index (χ3n) is 7.30. The number of anilines is 4. The van der Waals surface area contributed by atoms with Crippen LogP contribution in [0.3, 0.4) is 0 Å². The summed E-state index contributed by atoms with van der Waals surface area (Å²) in [6.45, 7) is 1.98. The second-order valence-corrected chi connectivity index (χ2v) is 9.31. The first-order valence-electron chi connectivity index (χ1n) is 11.9. The van der Waals surface area contributed by atoms with Crippen LogP contribution >= 0.6 is 0 Å². The molecule has 3 N–H and O–H groups in total. The molecule has 0 spiro atoms. The largest absolute Gasteiger partial charge is 0.485 e. The maximum Gasteiger partial charge on any atom is 0.328 e.